The molecule has 1 aromatic heterocycles. The molecule has 2 heterocycles. The van der Waals surface area contributed by atoms with Gasteiger partial charge in [-0.1, -0.05) is 17.7 Å². The second-order valence-electron chi connectivity index (χ2n) is 7.26. The van der Waals surface area contributed by atoms with E-state index >= 15 is 0 Å². The number of nitrogens with zero attached hydrogens (tertiary/aromatic N) is 3. The van der Waals surface area contributed by atoms with Crippen molar-refractivity contribution in [3.05, 3.63) is 82.8 Å². The normalized spacial score (nSPS) is 21.2. The van der Waals surface area contributed by atoms with Gasteiger partial charge in [0.05, 0.1) is 22.3 Å². The summed E-state index contributed by atoms with van der Waals surface area (Å²) in [7, 11) is 0. The number of hydrogen-bond acceptors (Lipinski definition) is 4. The largest absolute Gasteiger partial charge is 0.383 e. The summed E-state index contributed by atoms with van der Waals surface area (Å²) < 4.78 is 13.1. The molecule has 2 aromatic carbocycles. The maximum absolute atomic E-state index is 13.1. The van der Waals surface area contributed by atoms with Crippen LogP contribution in [0.15, 0.2) is 60.8 Å². The van der Waals surface area contributed by atoms with Gasteiger partial charge < -0.3 is 10.0 Å². The highest BCUT2D eigenvalue weighted by Crippen LogP contribution is 2.40. The van der Waals surface area contributed by atoms with Crippen LogP contribution in [0.25, 0.3) is 11.3 Å². The molecule has 1 N–H and O–H groups in total. The summed E-state index contributed by atoms with van der Waals surface area (Å²) in [6.45, 7) is 2.62. The topological polar surface area (TPSA) is 60.2 Å². The van der Waals surface area contributed by atoms with Crippen LogP contribution in [-0.2, 0) is 5.60 Å². The van der Waals surface area contributed by atoms with Crippen molar-refractivity contribution < 1.29 is 9.50 Å². The Kier molecular flexibility index (Phi) is 4.99. The van der Waals surface area contributed by atoms with Gasteiger partial charge in [0, 0.05) is 29.6 Å². The lowest BCUT2D eigenvalue weighted by Crippen LogP contribution is -2.40. The molecule has 3 aromatic rings. The Hall–Kier alpha value is -2.94. The molecule has 146 valence electrons. The van der Waals surface area contributed by atoms with Crippen molar-refractivity contribution in [1.29, 1.82) is 5.26 Å². The highest BCUT2D eigenvalue weighted by atomic mass is 35.5. The summed E-state index contributed by atoms with van der Waals surface area (Å²) in [6.07, 6.45) is 2.23. The van der Waals surface area contributed by atoms with Crippen LogP contribution in [0.5, 0.6) is 0 Å². The minimum atomic E-state index is -1.06. The molecule has 0 aliphatic carbocycles. The summed E-state index contributed by atoms with van der Waals surface area (Å²) in [4.78, 5) is 6.56. The number of hydrogen-bond donors (Lipinski definition) is 1. The number of pyridine rings is 1. The van der Waals surface area contributed by atoms with Gasteiger partial charge in [-0.15, -0.1) is 0 Å². The summed E-state index contributed by atoms with van der Waals surface area (Å²) in [6, 6.07) is 17.0. The SMILES string of the molecule is CC1N(c2ccc(C#N)c(Cl)c2)CC[C@@]1(O)c1ccc(-c2ccc(F)cc2)nc1. The predicted molar refractivity (Wildman–Crippen MR) is 111 cm³/mol. The second kappa shape index (κ2) is 7.47. The fourth-order valence-corrected chi connectivity index (χ4v) is 4.12. The van der Waals surface area contributed by atoms with Crippen LogP contribution in [-0.4, -0.2) is 22.7 Å². The molecule has 1 aliphatic rings. The molecule has 1 saturated heterocycles. The zero-order valence-corrected chi connectivity index (χ0v) is 16.6. The third-order valence-electron chi connectivity index (χ3n) is 5.70. The van der Waals surface area contributed by atoms with E-state index < -0.39 is 5.60 Å². The summed E-state index contributed by atoms with van der Waals surface area (Å²) in [5.41, 5.74) is 2.51. The van der Waals surface area contributed by atoms with Crippen molar-refractivity contribution in [3.63, 3.8) is 0 Å². The number of aromatic nitrogens is 1. The zero-order valence-electron chi connectivity index (χ0n) is 15.8. The molecule has 0 bridgehead atoms. The van der Waals surface area contributed by atoms with Gasteiger partial charge in [-0.05, 0) is 61.9 Å². The average Bonchev–Trinajstić information content (AvgIpc) is 3.04. The Bertz CT molecular complexity index is 1080. The molecule has 6 heteroatoms. The van der Waals surface area contributed by atoms with Gasteiger partial charge in [0.1, 0.15) is 17.5 Å². The van der Waals surface area contributed by atoms with E-state index in [9.17, 15) is 9.50 Å². The van der Waals surface area contributed by atoms with E-state index in [0.29, 0.717) is 23.6 Å². The number of rotatable bonds is 3. The van der Waals surface area contributed by atoms with Gasteiger partial charge >= 0.3 is 0 Å². The van der Waals surface area contributed by atoms with Gasteiger partial charge in [-0.3, -0.25) is 4.98 Å². The first-order valence-electron chi connectivity index (χ1n) is 9.33. The van der Waals surface area contributed by atoms with Crippen molar-refractivity contribution in [2.75, 3.05) is 11.4 Å². The van der Waals surface area contributed by atoms with Crippen molar-refractivity contribution >= 4 is 17.3 Å². The van der Waals surface area contributed by atoms with E-state index in [1.54, 1.807) is 30.5 Å². The minimum absolute atomic E-state index is 0.204. The van der Waals surface area contributed by atoms with Crippen molar-refractivity contribution in [1.82, 2.24) is 4.98 Å². The van der Waals surface area contributed by atoms with Gasteiger partial charge in [0.2, 0.25) is 0 Å². The number of anilines is 1. The molecule has 29 heavy (non-hydrogen) atoms. The molecule has 1 unspecified atom stereocenters. The van der Waals surface area contributed by atoms with Gasteiger partial charge in [0.25, 0.3) is 0 Å². The Morgan fingerprint density at radius 3 is 2.59 bits per heavy atom. The number of aliphatic hydroxyl groups is 1. The smallest absolute Gasteiger partial charge is 0.123 e. The van der Waals surface area contributed by atoms with Gasteiger partial charge in [-0.25, -0.2) is 4.39 Å². The monoisotopic (exact) mass is 407 g/mol. The van der Waals surface area contributed by atoms with E-state index in [0.717, 1.165) is 22.5 Å². The fraction of sp³-hybridized carbons (Fsp3) is 0.217. The first-order chi connectivity index (χ1) is 13.9. The van der Waals surface area contributed by atoms with Crippen molar-refractivity contribution in [2.24, 2.45) is 0 Å². The van der Waals surface area contributed by atoms with E-state index in [2.05, 4.69) is 16.0 Å². The minimum Gasteiger partial charge on any atom is -0.383 e. The first kappa shape index (κ1) is 19.4. The third kappa shape index (κ3) is 3.46. The molecule has 2 atom stereocenters. The van der Waals surface area contributed by atoms with E-state index in [1.807, 2.05) is 25.1 Å². The zero-order chi connectivity index (χ0) is 20.6. The number of benzene rings is 2. The molecular weight excluding hydrogens is 389 g/mol. The molecule has 0 spiro atoms. The molecule has 1 aliphatic heterocycles. The van der Waals surface area contributed by atoms with Crippen LogP contribution in [0.4, 0.5) is 10.1 Å². The molecule has 1 fully saturated rings. The lowest BCUT2D eigenvalue weighted by Gasteiger charge is -2.33. The fourth-order valence-electron chi connectivity index (χ4n) is 3.90. The summed E-state index contributed by atoms with van der Waals surface area (Å²) >= 11 is 6.18. The number of nitriles is 1. The molecule has 4 rings (SSSR count). The first-order valence-corrected chi connectivity index (χ1v) is 9.71. The van der Waals surface area contributed by atoms with Crippen LogP contribution in [0.1, 0.15) is 24.5 Å². The molecule has 0 radical (unpaired) electrons. The van der Waals surface area contributed by atoms with Crippen LogP contribution < -0.4 is 4.90 Å². The Morgan fingerprint density at radius 1 is 1.21 bits per heavy atom. The Balaban J connectivity index is 1.59. The molecule has 0 saturated carbocycles. The molecule has 4 nitrogen and oxygen atoms in total. The molecule has 0 amide bonds. The van der Waals surface area contributed by atoms with E-state index in [1.165, 1.54) is 12.1 Å². The quantitative estimate of drug-likeness (QED) is 0.670. The van der Waals surface area contributed by atoms with Crippen LogP contribution in [0.2, 0.25) is 5.02 Å². The standard InChI is InChI=1S/C23H19ClFN3O/c1-15-23(29,10-11-28(15)20-8-4-17(13-26)21(24)12-20)18-5-9-22(27-14-18)16-2-6-19(25)7-3-16/h2-9,12,14-15,29H,10-11H2,1H3/t15?,23-/m0/s1. The number of halogens is 2. The Morgan fingerprint density at radius 2 is 1.97 bits per heavy atom. The van der Waals surface area contributed by atoms with Crippen molar-refractivity contribution in [3.8, 4) is 17.3 Å². The van der Waals surface area contributed by atoms with Gasteiger partial charge in [-0.2, -0.15) is 5.26 Å². The maximum atomic E-state index is 13.1. The highest BCUT2D eigenvalue weighted by molar-refractivity contribution is 6.32. The summed E-state index contributed by atoms with van der Waals surface area (Å²) in [5, 5.41) is 20.9. The maximum Gasteiger partial charge on any atom is 0.123 e. The van der Waals surface area contributed by atoms with Gasteiger partial charge in [0.15, 0.2) is 0 Å². The Labute approximate surface area is 173 Å². The predicted octanol–water partition coefficient (Wildman–Crippen LogP) is 4.90. The highest BCUT2D eigenvalue weighted by Gasteiger charge is 2.45. The van der Waals surface area contributed by atoms with Crippen molar-refractivity contribution in [2.45, 2.75) is 25.0 Å². The third-order valence-corrected chi connectivity index (χ3v) is 6.01. The average molecular weight is 408 g/mol. The van der Waals surface area contributed by atoms with E-state index in [4.69, 9.17) is 16.9 Å². The van der Waals surface area contributed by atoms with Crippen LogP contribution >= 0.6 is 11.6 Å². The summed E-state index contributed by atoms with van der Waals surface area (Å²) in [5.74, 6) is -0.289. The second-order valence-corrected chi connectivity index (χ2v) is 7.67. The van der Waals surface area contributed by atoms with E-state index in [-0.39, 0.29) is 11.9 Å². The lowest BCUT2D eigenvalue weighted by molar-refractivity contribution is 0.0327. The lowest BCUT2D eigenvalue weighted by atomic mass is 9.88. The van der Waals surface area contributed by atoms with Crippen LogP contribution in [0, 0.1) is 17.1 Å². The molecular formula is C23H19ClFN3O. The van der Waals surface area contributed by atoms with Crippen LogP contribution in [0.3, 0.4) is 0 Å².